The van der Waals surface area contributed by atoms with Crippen LogP contribution in [-0.4, -0.2) is 66.7 Å². The van der Waals surface area contributed by atoms with Crippen LogP contribution in [0.5, 0.6) is 0 Å². The maximum Gasteiger partial charge on any atom is 0.271 e. The molecule has 27 heavy (non-hydrogen) atoms. The Hall–Kier alpha value is -2.51. The second kappa shape index (κ2) is 10.6. The molecule has 2 N–H and O–H groups in total. The molecular formula is C20H27N5O2. The Bertz CT molecular complexity index is 687. The van der Waals surface area contributed by atoms with Crippen molar-refractivity contribution in [2.24, 2.45) is 0 Å². The van der Waals surface area contributed by atoms with Gasteiger partial charge in [0.1, 0.15) is 11.5 Å². The number of carbonyl (C=O) groups excluding carboxylic acids is 1. The first-order valence-corrected chi connectivity index (χ1v) is 9.49. The first-order valence-electron chi connectivity index (χ1n) is 9.49. The average Bonchev–Trinajstić information content (AvgIpc) is 2.73. The predicted octanol–water partition coefficient (Wildman–Crippen LogP) is 1.58. The number of carbonyl (C=O) groups is 1. The molecule has 1 aromatic heterocycles. The summed E-state index contributed by atoms with van der Waals surface area (Å²) < 4.78 is 5.31. The summed E-state index contributed by atoms with van der Waals surface area (Å²) in [5.74, 6) is 0.499. The molecule has 3 rings (SSSR count). The van der Waals surface area contributed by atoms with Gasteiger partial charge in [-0.2, -0.15) is 0 Å². The summed E-state index contributed by atoms with van der Waals surface area (Å²) in [4.78, 5) is 22.9. The minimum atomic E-state index is -0.189. The third kappa shape index (κ3) is 6.62. The molecule has 7 heteroatoms. The summed E-state index contributed by atoms with van der Waals surface area (Å²) in [5, 5.41) is 6.14. The Kier molecular flexibility index (Phi) is 7.56. The van der Waals surface area contributed by atoms with E-state index in [2.05, 4.69) is 49.8 Å². The fourth-order valence-corrected chi connectivity index (χ4v) is 2.93. The van der Waals surface area contributed by atoms with Gasteiger partial charge in [0, 0.05) is 32.7 Å². The Morgan fingerprint density at radius 2 is 1.89 bits per heavy atom. The third-order valence-corrected chi connectivity index (χ3v) is 4.49. The average molecular weight is 369 g/mol. The van der Waals surface area contributed by atoms with E-state index in [1.165, 1.54) is 11.8 Å². The number of anilines is 1. The summed E-state index contributed by atoms with van der Waals surface area (Å²) in [6, 6.07) is 10.4. The molecule has 144 valence electrons. The molecule has 1 aliphatic heterocycles. The lowest BCUT2D eigenvalue weighted by Crippen LogP contribution is -2.41. The van der Waals surface area contributed by atoms with Gasteiger partial charge < -0.3 is 15.4 Å². The number of ether oxygens (including phenoxy) is 1. The van der Waals surface area contributed by atoms with Gasteiger partial charge in [0.15, 0.2) is 0 Å². The van der Waals surface area contributed by atoms with Crippen LogP contribution in [-0.2, 0) is 11.2 Å². The fraction of sp³-hybridized carbons (Fsp3) is 0.450. The first-order chi connectivity index (χ1) is 13.3. The maximum atomic E-state index is 12.1. The molecule has 7 nitrogen and oxygen atoms in total. The number of hydrogen-bond acceptors (Lipinski definition) is 6. The first kappa shape index (κ1) is 19.3. The topological polar surface area (TPSA) is 79.4 Å². The lowest BCUT2D eigenvalue weighted by molar-refractivity contribution is 0.0383. The van der Waals surface area contributed by atoms with Crippen molar-refractivity contribution in [3.05, 3.63) is 54.0 Å². The van der Waals surface area contributed by atoms with Crippen LogP contribution in [0.3, 0.4) is 0 Å². The Balaban J connectivity index is 1.34. The zero-order valence-electron chi connectivity index (χ0n) is 15.6. The van der Waals surface area contributed by atoms with E-state index in [1.807, 2.05) is 6.07 Å². The molecule has 1 amide bonds. The highest BCUT2D eigenvalue weighted by atomic mass is 16.5. The van der Waals surface area contributed by atoms with Crippen LogP contribution in [0.2, 0.25) is 0 Å². The van der Waals surface area contributed by atoms with Gasteiger partial charge in [0.05, 0.1) is 25.6 Å². The number of aryl methyl sites for hydroxylation is 1. The summed E-state index contributed by atoms with van der Waals surface area (Å²) in [5.41, 5.74) is 1.67. The van der Waals surface area contributed by atoms with Crippen LogP contribution < -0.4 is 10.6 Å². The Labute approximate surface area is 160 Å². The molecule has 0 unspecified atom stereocenters. The number of nitrogens with one attached hydrogen (secondary N) is 2. The number of benzene rings is 1. The summed E-state index contributed by atoms with van der Waals surface area (Å²) in [7, 11) is 0. The van der Waals surface area contributed by atoms with Gasteiger partial charge in [0.2, 0.25) is 0 Å². The highest BCUT2D eigenvalue weighted by molar-refractivity contribution is 5.91. The lowest BCUT2D eigenvalue weighted by Gasteiger charge is -2.26. The van der Waals surface area contributed by atoms with Crippen molar-refractivity contribution in [3.63, 3.8) is 0 Å². The number of nitrogens with zero attached hydrogens (tertiary/aromatic N) is 3. The van der Waals surface area contributed by atoms with Gasteiger partial charge in [-0.1, -0.05) is 30.3 Å². The van der Waals surface area contributed by atoms with Crippen molar-refractivity contribution in [1.29, 1.82) is 0 Å². The Morgan fingerprint density at radius 1 is 1.07 bits per heavy atom. The van der Waals surface area contributed by atoms with Crippen LogP contribution in [0.1, 0.15) is 22.5 Å². The predicted molar refractivity (Wildman–Crippen MR) is 105 cm³/mol. The van der Waals surface area contributed by atoms with Gasteiger partial charge in [-0.15, -0.1) is 0 Å². The van der Waals surface area contributed by atoms with Crippen LogP contribution in [0.4, 0.5) is 5.82 Å². The highest BCUT2D eigenvalue weighted by Gasteiger charge is 2.11. The van der Waals surface area contributed by atoms with E-state index in [0.717, 1.165) is 52.2 Å². The van der Waals surface area contributed by atoms with Crippen LogP contribution >= 0.6 is 0 Å². The molecule has 0 aliphatic carbocycles. The molecule has 0 spiro atoms. The van der Waals surface area contributed by atoms with E-state index in [1.54, 1.807) is 6.20 Å². The van der Waals surface area contributed by atoms with Crippen molar-refractivity contribution >= 4 is 11.7 Å². The summed E-state index contributed by atoms with van der Waals surface area (Å²) >= 11 is 0. The smallest absolute Gasteiger partial charge is 0.271 e. The lowest BCUT2D eigenvalue weighted by atomic mass is 10.1. The van der Waals surface area contributed by atoms with Crippen molar-refractivity contribution in [2.75, 3.05) is 51.3 Å². The number of hydrogen-bond donors (Lipinski definition) is 2. The minimum absolute atomic E-state index is 0.189. The zero-order chi connectivity index (χ0) is 18.7. The monoisotopic (exact) mass is 369 g/mol. The molecule has 1 saturated heterocycles. The third-order valence-electron chi connectivity index (χ3n) is 4.49. The van der Waals surface area contributed by atoms with Gasteiger partial charge >= 0.3 is 0 Å². The number of morpholine rings is 1. The number of rotatable bonds is 9. The van der Waals surface area contributed by atoms with Crippen molar-refractivity contribution in [3.8, 4) is 0 Å². The minimum Gasteiger partial charge on any atom is -0.379 e. The van der Waals surface area contributed by atoms with Crippen molar-refractivity contribution in [1.82, 2.24) is 20.2 Å². The summed E-state index contributed by atoms with van der Waals surface area (Å²) in [6.07, 6.45) is 5.16. The molecular weight excluding hydrogens is 342 g/mol. The van der Waals surface area contributed by atoms with E-state index in [0.29, 0.717) is 18.1 Å². The highest BCUT2D eigenvalue weighted by Crippen LogP contribution is 2.05. The van der Waals surface area contributed by atoms with Crippen LogP contribution in [0, 0.1) is 0 Å². The molecule has 0 radical (unpaired) electrons. The molecule has 0 atom stereocenters. The molecule has 0 bridgehead atoms. The second-order valence-corrected chi connectivity index (χ2v) is 6.51. The molecule has 1 aliphatic rings. The van der Waals surface area contributed by atoms with Crippen molar-refractivity contribution in [2.45, 2.75) is 12.8 Å². The molecule has 1 fully saturated rings. The van der Waals surface area contributed by atoms with Gasteiger partial charge in [0.25, 0.3) is 5.91 Å². The van der Waals surface area contributed by atoms with Crippen LogP contribution in [0.25, 0.3) is 0 Å². The second-order valence-electron chi connectivity index (χ2n) is 6.51. The molecule has 1 aromatic carbocycles. The van der Waals surface area contributed by atoms with E-state index in [-0.39, 0.29) is 5.91 Å². The standard InChI is InChI=1S/C20H27N5O2/c26-20(22-9-10-25-11-13-27-14-12-25)18-15-24-19(16-23-18)21-8-4-7-17-5-2-1-3-6-17/h1-3,5-6,15-16H,4,7-14H2,(H,21,24)(H,22,26). The largest absolute Gasteiger partial charge is 0.379 e. The van der Waals surface area contributed by atoms with Gasteiger partial charge in [-0.3, -0.25) is 9.69 Å². The number of amides is 1. The molecule has 0 saturated carbocycles. The van der Waals surface area contributed by atoms with Gasteiger partial charge in [-0.25, -0.2) is 9.97 Å². The van der Waals surface area contributed by atoms with Crippen LogP contribution in [0.15, 0.2) is 42.7 Å². The maximum absolute atomic E-state index is 12.1. The number of aromatic nitrogens is 2. The molecule has 2 aromatic rings. The van der Waals surface area contributed by atoms with E-state index in [9.17, 15) is 4.79 Å². The van der Waals surface area contributed by atoms with Gasteiger partial charge in [-0.05, 0) is 18.4 Å². The SMILES string of the molecule is O=C(NCCN1CCOCC1)c1cnc(NCCCc2ccccc2)cn1. The van der Waals surface area contributed by atoms with E-state index in [4.69, 9.17) is 4.74 Å². The summed E-state index contributed by atoms with van der Waals surface area (Å²) in [6.45, 7) is 5.59. The zero-order valence-corrected chi connectivity index (χ0v) is 15.6. The van der Waals surface area contributed by atoms with Crippen molar-refractivity contribution < 1.29 is 9.53 Å². The van der Waals surface area contributed by atoms with E-state index < -0.39 is 0 Å². The fourth-order valence-electron chi connectivity index (χ4n) is 2.93. The normalized spacial score (nSPS) is 14.7. The molecule has 2 heterocycles. The Morgan fingerprint density at radius 3 is 2.63 bits per heavy atom. The van der Waals surface area contributed by atoms with E-state index >= 15 is 0 Å². The quantitative estimate of drug-likeness (QED) is 0.654.